The van der Waals surface area contributed by atoms with E-state index in [-0.39, 0.29) is 24.9 Å². The number of amides is 2. The van der Waals surface area contributed by atoms with Crippen molar-refractivity contribution in [3.63, 3.8) is 0 Å². The normalized spacial score (nSPS) is 20.2. The molecule has 1 saturated heterocycles. The SMILES string of the molecule is CN1CC(=O)CN(C)C1=O. The molecule has 56 valence electrons. The Bertz CT molecular complexity index is 163. The highest BCUT2D eigenvalue weighted by Crippen LogP contribution is 2.00. The lowest BCUT2D eigenvalue weighted by Gasteiger charge is -2.29. The van der Waals surface area contributed by atoms with Gasteiger partial charge >= 0.3 is 6.03 Å². The molecule has 2 amide bonds. The van der Waals surface area contributed by atoms with Crippen LogP contribution in [-0.2, 0) is 4.79 Å². The summed E-state index contributed by atoms with van der Waals surface area (Å²) in [6.45, 7) is 0.506. The maximum absolute atomic E-state index is 11.0. The summed E-state index contributed by atoms with van der Waals surface area (Å²) in [5, 5.41) is 0. The number of hydrogen-bond acceptors (Lipinski definition) is 2. The average molecular weight is 142 g/mol. The van der Waals surface area contributed by atoms with Crippen molar-refractivity contribution in [3.8, 4) is 0 Å². The Hall–Kier alpha value is -1.06. The van der Waals surface area contributed by atoms with E-state index in [0.717, 1.165) is 0 Å². The average Bonchev–Trinajstić information content (AvgIpc) is 1.82. The van der Waals surface area contributed by atoms with Crippen molar-refractivity contribution >= 4 is 11.8 Å². The monoisotopic (exact) mass is 142 g/mol. The van der Waals surface area contributed by atoms with Gasteiger partial charge in [0.2, 0.25) is 0 Å². The Morgan fingerprint density at radius 2 is 1.50 bits per heavy atom. The second-order valence-electron chi connectivity index (χ2n) is 2.53. The first kappa shape index (κ1) is 7.05. The minimum atomic E-state index is -0.0837. The lowest BCUT2D eigenvalue weighted by Crippen LogP contribution is -2.50. The highest BCUT2D eigenvalue weighted by Gasteiger charge is 2.24. The van der Waals surface area contributed by atoms with Crippen molar-refractivity contribution < 1.29 is 9.59 Å². The summed E-state index contributed by atoms with van der Waals surface area (Å²) in [4.78, 5) is 24.6. The summed E-state index contributed by atoms with van der Waals surface area (Å²) < 4.78 is 0. The Balaban J connectivity index is 2.66. The number of ketones is 1. The Kier molecular flexibility index (Phi) is 1.61. The molecule has 0 aromatic carbocycles. The van der Waals surface area contributed by atoms with Crippen molar-refractivity contribution in [1.82, 2.24) is 9.80 Å². The van der Waals surface area contributed by atoms with E-state index in [1.807, 2.05) is 0 Å². The van der Waals surface area contributed by atoms with Gasteiger partial charge < -0.3 is 9.80 Å². The summed E-state index contributed by atoms with van der Waals surface area (Å²) in [5.74, 6) is 0.0876. The molecule has 1 aliphatic rings. The Morgan fingerprint density at radius 1 is 1.10 bits per heavy atom. The summed E-state index contributed by atoms with van der Waals surface area (Å²) in [7, 11) is 3.24. The van der Waals surface area contributed by atoms with E-state index in [9.17, 15) is 9.59 Å². The molecule has 4 heteroatoms. The number of Topliss-reactive ketones (excluding diaryl/α,β-unsaturated/α-hetero) is 1. The largest absolute Gasteiger partial charge is 0.320 e. The summed E-state index contributed by atoms with van der Waals surface area (Å²) in [6, 6.07) is -0.0837. The van der Waals surface area contributed by atoms with Crippen molar-refractivity contribution in [3.05, 3.63) is 0 Å². The number of rotatable bonds is 0. The number of carbonyl (C=O) groups is 2. The van der Waals surface area contributed by atoms with Gasteiger partial charge in [0.25, 0.3) is 0 Å². The molecule has 1 heterocycles. The van der Waals surface area contributed by atoms with Crippen LogP contribution < -0.4 is 0 Å². The zero-order valence-corrected chi connectivity index (χ0v) is 6.13. The quantitative estimate of drug-likeness (QED) is 0.459. The number of hydrogen-bond donors (Lipinski definition) is 0. The third-order valence-electron chi connectivity index (χ3n) is 1.48. The predicted molar refractivity (Wildman–Crippen MR) is 35.7 cm³/mol. The summed E-state index contributed by atoms with van der Waals surface area (Å²) >= 11 is 0. The van der Waals surface area contributed by atoms with Crippen LogP contribution in [0.1, 0.15) is 0 Å². The first-order valence-electron chi connectivity index (χ1n) is 3.09. The van der Waals surface area contributed by atoms with Crippen LogP contribution in [0.5, 0.6) is 0 Å². The first-order valence-corrected chi connectivity index (χ1v) is 3.09. The molecule has 0 unspecified atom stereocenters. The van der Waals surface area contributed by atoms with E-state index in [4.69, 9.17) is 0 Å². The molecule has 0 spiro atoms. The minimum absolute atomic E-state index is 0.0837. The van der Waals surface area contributed by atoms with Gasteiger partial charge in [0, 0.05) is 14.1 Å². The van der Waals surface area contributed by atoms with Gasteiger partial charge in [-0.3, -0.25) is 4.79 Å². The number of nitrogens with zero attached hydrogens (tertiary/aromatic N) is 2. The molecule has 0 saturated carbocycles. The smallest absolute Gasteiger partial charge is 0.320 e. The van der Waals surface area contributed by atoms with Crippen molar-refractivity contribution in [1.29, 1.82) is 0 Å². The van der Waals surface area contributed by atoms with E-state index >= 15 is 0 Å². The fraction of sp³-hybridized carbons (Fsp3) is 0.667. The molecule has 0 bridgehead atoms. The molecule has 10 heavy (non-hydrogen) atoms. The molecule has 4 nitrogen and oxygen atoms in total. The van der Waals surface area contributed by atoms with Gasteiger partial charge in [0.15, 0.2) is 5.78 Å². The van der Waals surface area contributed by atoms with Gasteiger partial charge in [-0.25, -0.2) is 4.79 Å². The molecule has 0 atom stereocenters. The summed E-state index contributed by atoms with van der Waals surface area (Å²) in [5.41, 5.74) is 0. The molecule has 0 aromatic rings. The van der Waals surface area contributed by atoms with Crippen LogP contribution >= 0.6 is 0 Å². The molecule has 0 aromatic heterocycles. The molecule has 0 radical (unpaired) electrons. The Morgan fingerprint density at radius 3 is 1.90 bits per heavy atom. The van der Waals surface area contributed by atoms with E-state index in [1.54, 1.807) is 14.1 Å². The molecule has 1 fully saturated rings. The Labute approximate surface area is 59.4 Å². The molecule has 1 rings (SSSR count). The third-order valence-corrected chi connectivity index (χ3v) is 1.48. The molecule has 0 aliphatic carbocycles. The van der Waals surface area contributed by atoms with Gasteiger partial charge in [-0.15, -0.1) is 0 Å². The predicted octanol–water partition coefficient (Wildman–Crippen LogP) is -0.447. The highest BCUT2D eigenvalue weighted by molar-refractivity contribution is 5.92. The number of carbonyl (C=O) groups excluding carboxylic acids is 2. The van der Waals surface area contributed by atoms with Crippen molar-refractivity contribution in [2.45, 2.75) is 0 Å². The van der Waals surface area contributed by atoms with E-state index in [0.29, 0.717) is 0 Å². The van der Waals surface area contributed by atoms with Gasteiger partial charge in [-0.2, -0.15) is 0 Å². The van der Waals surface area contributed by atoms with E-state index < -0.39 is 0 Å². The van der Waals surface area contributed by atoms with Gasteiger partial charge in [-0.1, -0.05) is 0 Å². The second-order valence-corrected chi connectivity index (χ2v) is 2.53. The van der Waals surface area contributed by atoms with Crippen LogP contribution in [0, 0.1) is 0 Å². The first-order chi connectivity index (χ1) is 4.61. The lowest BCUT2D eigenvalue weighted by molar-refractivity contribution is -0.121. The highest BCUT2D eigenvalue weighted by atomic mass is 16.2. The van der Waals surface area contributed by atoms with Crippen LogP contribution in [0.4, 0.5) is 4.79 Å². The fourth-order valence-electron chi connectivity index (χ4n) is 1.01. The van der Waals surface area contributed by atoms with Gasteiger partial charge in [-0.05, 0) is 0 Å². The molecular formula is C6H10N2O2. The van der Waals surface area contributed by atoms with Gasteiger partial charge in [0.05, 0.1) is 13.1 Å². The topological polar surface area (TPSA) is 40.6 Å². The lowest BCUT2D eigenvalue weighted by atomic mass is 10.3. The van der Waals surface area contributed by atoms with Crippen LogP contribution in [0.25, 0.3) is 0 Å². The minimum Gasteiger partial charge on any atom is -0.320 e. The van der Waals surface area contributed by atoms with Crippen LogP contribution in [0.3, 0.4) is 0 Å². The van der Waals surface area contributed by atoms with Crippen molar-refractivity contribution in [2.24, 2.45) is 0 Å². The zero-order chi connectivity index (χ0) is 7.72. The van der Waals surface area contributed by atoms with Gasteiger partial charge in [0.1, 0.15) is 0 Å². The number of likely N-dealkylation sites (N-methyl/N-ethyl adjacent to an activating group) is 2. The van der Waals surface area contributed by atoms with Crippen LogP contribution in [0.15, 0.2) is 0 Å². The molecular weight excluding hydrogens is 132 g/mol. The fourth-order valence-corrected chi connectivity index (χ4v) is 1.01. The maximum Gasteiger partial charge on any atom is 0.320 e. The van der Waals surface area contributed by atoms with Crippen molar-refractivity contribution in [2.75, 3.05) is 27.2 Å². The molecule has 0 N–H and O–H groups in total. The zero-order valence-electron chi connectivity index (χ0n) is 6.13. The summed E-state index contributed by atoms with van der Waals surface area (Å²) in [6.07, 6.45) is 0. The van der Waals surface area contributed by atoms with E-state index in [2.05, 4.69) is 0 Å². The van der Waals surface area contributed by atoms with Crippen LogP contribution in [-0.4, -0.2) is 48.8 Å². The van der Waals surface area contributed by atoms with E-state index in [1.165, 1.54) is 9.80 Å². The standard InChI is InChI=1S/C6H10N2O2/c1-7-3-5(9)4-8(2)6(7)10/h3-4H2,1-2H3. The maximum atomic E-state index is 11.0. The molecule has 1 aliphatic heterocycles. The van der Waals surface area contributed by atoms with Crippen LogP contribution in [0.2, 0.25) is 0 Å². The third kappa shape index (κ3) is 1.10. The number of urea groups is 1. The second kappa shape index (κ2) is 2.28.